The van der Waals surface area contributed by atoms with Gasteiger partial charge in [0.25, 0.3) is 11.8 Å². The standard InChI is InChI=1S/C22H20N4O4/c1-22-9-8-19(28)26(22)17-5-3-2-4-15(17)21(30)25(22)12-18(27)24-14-7-6-13-11-23-20(29)16(13)10-14/h2-7,10H,8-9,11-12H2,1H3,(H,23,29)(H,24,27). The molecule has 1 fully saturated rings. The summed E-state index contributed by atoms with van der Waals surface area (Å²) in [5.74, 6) is -0.895. The summed E-state index contributed by atoms with van der Waals surface area (Å²) >= 11 is 0. The molecule has 0 aromatic heterocycles. The minimum Gasteiger partial charge on any atom is -0.348 e. The van der Waals surface area contributed by atoms with E-state index in [0.29, 0.717) is 41.9 Å². The maximum absolute atomic E-state index is 13.2. The molecule has 0 spiro atoms. The Morgan fingerprint density at radius 1 is 1.13 bits per heavy atom. The van der Waals surface area contributed by atoms with Gasteiger partial charge in [-0.3, -0.25) is 24.1 Å². The fourth-order valence-electron chi connectivity index (χ4n) is 4.58. The van der Waals surface area contributed by atoms with Crippen molar-refractivity contribution in [1.82, 2.24) is 10.2 Å². The molecule has 8 nitrogen and oxygen atoms in total. The lowest BCUT2D eigenvalue weighted by atomic mass is 9.98. The first-order valence-electron chi connectivity index (χ1n) is 9.83. The molecule has 4 amide bonds. The van der Waals surface area contributed by atoms with Gasteiger partial charge in [0.2, 0.25) is 11.8 Å². The Morgan fingerprint density at radius 3 is 2.77 bits per heavy atom. The minimum absolute atomic E-state index is 0.0625. The van der Waals surface area contributed by atoms with Gasteiger partial charge >= 0.3 is 0 Å². The number of amides is 4. The van der Waals surface area contributed by atoms with Crippen molar-refractivity contribution in [2.45, 2.75) is 32.0 Å². The summed E-state index contributed by atoms with van der Waals surface area (Å²) < 4.78 is 0. The van der Waals surface area contributed by atoms with Crippen molar-refractivity contribution in [1.29, 1.82) is 0 Å². The van der Waals surface area contributed by atoms with E-state index in [9.17, 15) is 19.2 Å². The number of para-hydroxylation sites is 1. The number of carbonyl (C=O) groups is 4. The third-order valence-corrected chi connectivity index (χ3v) is 6.12. The van der Waals surface area contributed by atoms with Gasteiger partial charge in [0.1, 0.15) is 12.2 Å². The first-order chi connectivity index (χ1) is 14.4. The van der Waals surface area contributed by atoms with Crippen LogP contribution in [0.2, 0.25) is 0 Å². The van der Waals surface area contributed by atoms with Crippen LogP contribution < -0.4 is 15.5 Å². The zero-order valence-corrected chi connectivity index (χ0v) is 16.4. The molecule has 30 heavy (non-hydrogen) atoms. The van der Waals surface area contributed by atoms with E-state index < -0.39 is 5.66 Å². The summed E-state index contributed by atoms with van der Waals surface area (Å²) in [6.07, 6.45) is 0.772. The van der Waals surface area contributed by atoms with E-state index in [1.54, 1.807) is 47.4 Å². The van der Waals surface area contributed by atoms with Gasteiger partial charge in [-0.1, -0.05) is 18.2 Å². The molecule has 3 aliphatic heterocycles. The topological polar surface area (TPSA) is 98.8 Å². The third-order valence-electron chi connectivity index (χ3n) is 6.12. The predicted octanol–water partition coefficient (Wildman–Crippen LogP) is 1.87. The Labute approximate surface area is 172 Å². The normalized spacial score (nSPS) is 21.8. The smallest absolute Gasteiger partial charge is 0.258 e. The maximum Gasteiger partial charge on any atom is 0.258 e. The van der Waals surface area contributed by atoms with Crippen LogP contribution in [0.25, 0.3) is 0 Å². The number of nitrogens with zero attached hydrogens (tertiary/aromatic N) is 2. The van der Waals surface area contributed by atoms with Crippen LogP contribution in [0, 0.1) is 0 Å². The second-order valence-electron chi connectivity index (χ2n) is 7.96. The molecule has 3 aliphatic rings. The molecule has 8 heteroatoms. The van der Waals surface area contributed by atoms with Crippen LogP contribution in [0.5, 0.6) is 0 Å². The van der Waals surface area contributed by atoms with Gasteiger partial charge in [-0.2, -0.15) is 0 Å². The van der Waals surface area contributed by atoms with Crippen LogP contribution in [0.4, 0.5) is 11.4 Å². The lowest BCUT2D eigenvalue weighted by Crippen LogP contribution is -2.63. The predicted molar refractivity (Wildman–Crippen MR) is 109 cm³/mol. The molecule has 5 rings (SSSR count). The van der Waals surface area contributed by atoms with E-state index in [1.165, 1.54) is 4.90 Å². The molecule has 3 heterocycles. The molecule has 1 saturated heterocycles. The number of hydrogen-bond acceptors (Lipinski definition) is 4. The van der Waals surface area contributed by atoms with Gasteiger partial charge in [-0.15, -0.1) is 0 Å². The minimum atomic E-state index is -0.891. The summed E-state index contributed by atoms with van der Waals surface area (Å²) in [5.41, 5.74) is 2.02. The first-order valence-corrected chi connectivity index (χ1v) is 9.83. The van der Waals surface area contributed by atoms with Crippen LogP contribution in [-0.4, -0.2) is 40.7 Å². The molecule has 0 bridgehead atoms. The highest BCUT2D eigenvalue weighted by molar-refractivity contribution is 6.11. The summed E-state index contributed by atoms with van der Waals surface area (Å²) in [5, 5.41) is 5.51. The Hall–Kier alpha value is -3.68. The van der Waals surface area contributed by atoms with Crippen LogP contribution in [0.15, 0.2) is 42.5 Å². The lowest BCUT2D eigenvalue weighted by molar-refractivity contribution is -0.120. The van der Waals surface area contributed by atoms with Crippen molar-refractivity contribution in [2.24, 2.45) is 0 Å². The second kappa shape index (κ2) is 6.41. The zero-order valence-electron chi connectivity index (χ0n) is 16.4. The molecular formula is C22H20N4O4. The number of carbonyl (C=O) groups excluding carboxylic acids is 4. The van der Waals surface area contributed by atoms with Crippen LogP contribution in [0.3, 0.4) is 0 Å². The molecule has 0 saturated carbocycles. The molecule has 2 aromatic carbocycles. The quantitative estimate of drug-likeness (QED) is 0.816. The van der Waals surface area contributed by atoms with E-state index in [-0.39, 0.29) is 30.2 Å². The molecular weight excluding hydrogens is 384 g/mol. The molecule has 1 unspecified atom stereocenters. The van der Waals surface area contributed by atoms with Gasteiger partial charge in [0.15, 0.2) is 0 Å². The second-order valence-corrected chi connectivity index (χ2v) is 7.96. The average Bonchev–Trinajstić information content (AvgIpc) is 3.25. The zero-order chi connectivity index (χ0) is 21.0. The highest BCUT2D eigenvalue weighted by Crippen LogP contribution is 2.43. The number of fused-ring (bicyclic) bond motifs is 4. The van der Waals surface area contributed by atoms with E-state index in [2.05, 4.69) is 10.6 Å². The van der Waals surface area contributed by atoms with Gasteiger partial charge in [-0.05, 0) is 43.2 Å². The van der Waals surface area contributed by atoms with Gasteiger partial charge in [0.05, 0.1) is 11.3 Å². The van der Waals surface area contributed by atoms with Crippen molar-refractivity contribution in [3.8, 4) is 0 Å². The van der Waals surface area contributed by atoms with Crippen molar-refractivity contribution < 1.29 is 19.2 Å². The first kappa shape index (κ1) is 18.4. The average molecular weight is 404 g/mol. The maximum atomic E-state index is 13.2. The number of benzene rings is 2. The molecule has 1 atom stereocenters. The molecule has 152 valence electrons. The number of rotatable bonds is 3. The van der Waals surface area contributed by atoms with Crippen LogP contribution >= 0.6 is 0 Å². The van der Waals surface area contributed by atoms with Crippen molar-refractivity contribution >= 4 is 35.0 Å². The monoisotopic (exact) mass is 404 g/mol. The van der Waals surface area contributed by atoms with E-state index >= 15 is 0 Å². The van der Waals surface area contributed by atoms with Crippen molar-refractivity contribution in [3.63, 3.8) is 0 Å². The molecule has 2 N–H and O–H groups in total. The molecule has 2 aromatic rings. The summed E-state index contributed by atoms with van der Waals surface area (Å²) in [4.78, 5) is 53.6. The van der Waals surface area contributed by atoms with E-state index in [4.69, 9.17) is 0 Å². The van der Waals surface area contributed by atoms with E-state index in [0.717, 1.165) is 5.56 Å². The Balaban J connectivity index is 1.42. The van der Waals surface area contributed by atoms with E-state index in [1.807, 2.05) is 6.92 Å². The number of nitrogens with one attached hydrogen (secondary N) is 2. The summed E-state index contributed by atoms with van der Waals surface area (Å²) in [6.45, 7) is 2.10. The largest absolute Gasteiger partial charge is 0.348 e. The SMILES string of the molecule is CC12CCC(=O)N1c1ccccc1C(=O)N2CC(=O)Nc1ccc2c(c1)C(=O)NC2. The van der Waals surface area contributed by atoms with Crippen molar-refractivity contribution in [3.05, 3.63) is 59.2 Å². The highest BCUT2D eigenvalue weighted by atomic mass is 16.2. The van der Waals surface area contributed by atoms with Crippen molar-refractivity contribution in [2.75, 3.05) is 16.8 Å². The Kier molecular flexibility index (Phi) is 3.92. The van der Waals surface area contributed by atoms with Gasteiger partial charge in [0, 0.05) is 24.2 Å². The lowest BCUT2D eigenvalue weighted by Gasteiger charge is -2.48. The Morgan fingerprint density at radius 2 is 1.93 bits per heavy atom. The summed E-state index contributed by atoms with van der Waals surface area (Å²) in [7, 11) is 0. The van der Waals surface area contributed by atoms with Gasteiger partial charge in [-0.25, -0.2) is 0 Å². The molecule has 0 aliphatic carbocycles. The summed E-state index contributed by atoms with van der Waals surface area (Å²) in [6, 6.07) is 12.1. The van der Waals surface area contributed by atoms with Crippen LogP contribution in [-0.2, 0) is 16.1 Å². The highest BCUT2D eigenvalue weighted by Gasteiger charge is 2.53. The third kappa shape index (κ3) is 2.60. The van der Waals surface area contributed by atoms with Crippen LogP contribution in [0.1, 0.15) is 46.0 Å². The number of hydrogen-bond donors (Lipinski definition) is 2. The molecule has 0 radical (unpaired) electrons. The fraction of sp³-hybridized carbons (Fsp3) is 0.273. The number of anilines is 2. The van der Waals surface area contributed by atoms with Gasteiger partial charge < -0.3 is 15.5 Å². The fourth-order valence-corrected chi connectivity index (χ4v) is 4.58. The Bertz CT molecular complexity index is 1130.